The van der Waals surface area contributed by atoms with Crippen molar-refractivity contribution in [2.24, 2.45) is 17.4 Å². The molecule has 9 nitrogen and oxygen atoms in total. The van der Waals surface area contributed by atoms with E-state index in [4.69, 9.17) is 16.2 Å². The SMILES string of the molecule is C[C@H](N)C(=O)N1CCC[C@H]1Cc1cn(CCOCCn2cc(C[C@@H]3CCCN3C(=O)[C@@H](N)C3CCCCC3)c3ccccc32)c2ccccc12. The van der Waals surface area contributed by atoms with Crippen LogP contribution in [0.1, 0.15) is 75.8 Å². The summed E-state index contributed by atoms with van der Waals surface area (Å²) < 4.78 is 10.9. The van der Waals surface area contributed by atoms with Crippen LogP contribution in [0.5, 0.6) is 0 Å². The molecule has 0 spiro atoms. The highest BCUT2D eigenvalue weighted by Gasteiger charge is 2.36. The van der Waals surface area contributed by atoms with Crippen LogP contribution in [0.25, 0.3) is 21.8 Å². The molecular weight excluding hydrogens is 624 g/mol. The van der Waals surface area contributed by atoms with Crippen molar-refractivity contribution in [3.8, 4) is 0 Å². The number of nitrogens with two attached hydrogens (primary N) is 2. The smallest absolute Gasteiger partial charge is 0.240 e. The van der Waals surface area contributed by atoms with E-state index in [1.165, 1.54) is 52.2 Å². The van der Waals surface area contributed by atoms with E-state index in [-0.39, 0.29) is 29.9 Å². The van der Waals surface area contributed by atoms with Crippen molar-refractivity contribution in [1.29, 1.82) is 0 Å². The van der Waals surface area contributed by atoms with E-state index in [0.29, 0.717) is 19.1 Å². The molecule has 50 heavy (non-hydrogen) atoms. The lowest BCUT2D eigenvalue weighted by atomic mass is 9.83. The zero-order valence-corrected chi connectivity index (χ0v) is 29.8. The van der Waals surface area contributed by atoms with E-state index in [2.05, 4.69) is 75.0 Å². The van der Waals surface area contributed by atoms with Gasteiger partial charge in [-0.2, -0.15) is 0 Å². The van der Waals surface area contributed by atoms with Crippen LogP contribution in [0.15, 0.2) is 60.9 Å². The lowest BCUT2D eigenvalue weighted by molar-refractivity contribution is -0.135. The molecule has 2 amide bonds. The summed E-state index contributed by atoms with van der Waals surface area (Å²) in [4.78, 5) is 30.4. The fourth-order valence-electron chi connectivity index (χ4n) is 9.10. The van der Waals surface area contributed by atoms with E-state index in [0.717, 1.165) is 77.5 Å². The lowest BCUT2D eigenvalue weighted by Gasteiger charge is -2.32. The number of carbonyl (C=O) groups is 2. The van der Waals surface area contributed by atoms with Gasteiger partial charge in [0.05, 0.1) is 25.3 Å². The highest BCUT2D eigenvalue weighted by Crippen LogP contribution is 2.31. The third-order valence-electron chi connectivity index (χ3n) is 11.8. The first-order valence-electron chi connectivity index (χ1n) is 19.2. The maximum Gasteiger partial charge on any atom is 0.240 e. The predicted molar refractivity (Wildman–Crippen MR) is 200 cm³/mol. The molecule has 1 saturated carbocycles. The Balaban J connectivity index is 0.962. The molecule has 4 aromatic rings. The Kier molecular flexibility index (Phi) is 10.9. The summed E-state index contributed by atoms with van der Waals surface area (Å²) in [7, 11) is 0. The van der Waals surface area contributed by atoms with Crippen molar-refractivity contribution in [3.63, 3.8) is 0 Å². The third-order valence-corrected chi connectivity index (χ3v) is 11.8. The van der Waals surface area contributed by atoms with Crippen molar-refractivity contribution in [1.82, 2.24) is 18.9 Å². The normalized spacial score (nSPS) is 21.4. The lowest BCUT2D eigenvalue weighted by Crippen LogP contribution is -2.50. The molecule has 268 valence electrons. The zero-order valence-electron chi connectivity index (χ0n) is 29.8. The minimum absolute atomic E-state index is 0.0532. The summed E-state index contributed by atoms with van der Waals surface area (Å²) in [5.41, 5.74) is 17.5. The topological polar surface area (TPSA) is 112 Å². The van der Waals surface area contributed by atoms with E-state index in [1.807, 2.05) is 4.90 Å². The third kappa shape index (κ3) is 7.37. The fourth-order valence-corrected chi connectivity index (χ4v) is 9.10. The van der Waals surface area contributed by atoms with Gasteiger partial charge < -0.3 is 35.1 Å². The van der Waals surface area contributed by atoms with Gasteiger partial charge in [-0.15, -0.1) is 0 Å². The summed E-state index contributed by atoms with van der Waals surface area (Å²) in [6.45, 7) is 6.16. The number of ether oxygens (including phenoxy) is 1. The number of para-hydroxylation sites is 2. The van der Waals surface area contributed by atoms with Gasteiger partial charge in [-0.25, -0.2) is 0 Å². The number of carbonyl (C=O) groups excluding carboxylic acids is 2. The number of fused-ring (bicyclic) bond motifs is 2. The first-order valence-corrected chi connectivity index (χ1v) is 19.2. The van der Waals surface area contributed by atoms with Gasteiger partial charge in [0, 0.05) is 72.5 Å². The first kappa shape index (κ1) is 34.8. The van der Waals surface area contributed by atoms with Gasteiger partial charge in [-0.3, -0.25) is 9.59 Å². The van der Waals surface area contributed by atoms with Crippen molar-refractivity contribution >= 4 is 33.6 Å². The van der Waals surface area contributed by atoms with Crippen molar-refractivity contribution in [2.75, 3.05) is 26.3 Å². The molecule has 3 aliphatic rings. The number of aromatic nitrogens is 2. The molecule has 2 aromatic carbocycles. The number of rotatable bonds is 13. The predicted octanol–water partition coefficient (Wildman–Crippen LogP) is 5.63. The average Bonchev–Trinajstić information content (AvgIpc) is 3.95. The van der Waals surface area contributed by atoms with Crippen LogP contribution in [-0.4, -0.2) is 81.2 Å². The molecule has 2 saturated heterocycles. The molecule has 3 fully saturated rings. The average molecular weight is 681 g/mol. The van der Waals surface area contributed by atoms with Gasteiger partial charge in [-0.1, -0.05) is 55.7 Å². The molecule has 1 aliphatic carbocycles. The van der Waals surface area contributed by atoms with Crippen LogP contribution in [0.2, 0.25) is 0 Å². The highest BCUT2D eigenvalue weighted by molar-refractivity contribution is 5.86. The number of nitrogens with zero attached hydrogens (tertiary/aromatic N) is 4. The quantitative estimate of drug-likeness (QED) is 0.178. The number of benzene rings is 2. The van der Waals surface area contributed by atoms with Crippen LogP contribution in [-0.2, 0) is 40.3 Å². The monoisotopic (exact) mass is 680 g/mol. The Morgan fingerprint density at radius 2 is 1.20 bits per heavy atom. The largest absolute Gasteiger partial charge is 0.378 e. The Morgan fingerprint density at radius 3 is 1.72 bits per heavy atom. The summed E-state index contributed by atoms with van der Waals surface area (Å²) in [6, 6.07) is 16.7. The van der Waals surface area contributed by atoms with Gasteiger partial charge in [0.15, 0.2) is 0 Å². The number of amides is 2. The second-order valence-corrected chi connectivity index (χ2v) is 15.1. The van der Waals surface area contributed by atoms with Crippen LogP contribution in [0.3, 0.4) is 0 Å². The Bertz CT molecular complexity index is 1770. The molecule has 0 bridgehead atoms. The van der Waals surface area contributed by atoms with Crippen molar-refractivity contribution < 1.29 is 14.3 Å². The minimum atomic E-state index is -0.464. The molecule has 2 aromatic heterocycles. The Labute approximate surface area is 296 Å². The molecule has 7 rings (SSSR count). The summed E-state index contributed by atoms with van der Waals surface area (Å²) in [5, 5.41) is 2.51. The van der Waals surface area contributed by atoms with E-state index >= 15 is 0 Å². The van der Waals surface area contributed by atoms with Crippen LogP contribution in [0, 0.1) is 5.92 Å². The molecule has 4 N–H and O–H groups in total. The Hall–Kier alpha value is -3.66. The van der Waals surface area contributed by atoms with Crippen LogP contribution < -0.4 is 11.5 Å². The van der Waals surface area contributed by atoms with Crippen molar-refractivity contribution in [3.05, 3.63) is 72.1 Å². The molecule has 0 radical (unpaired) electrons. The molecule has 2 aliphatic heterocycles. The number of hydrogen-bond acceptors (Lipinski definition) is 5. The molecular formula is C41H56N6O3. The van der Waals surface area contributed by atoms with Gasteiger partial charge >= 0.3 is 0 Å². The van der Waals surface area contributed by atoms with E-state index in [1.54, 1.807) is 6.92 Å². The van der Waals surface area contributed by atoms with Crippen LogP contribution >= 0.6 is 0 Å². The molecule has 4 atom stereocenters. The number of hydrogen-bond donors (Lipinski definition) is 2. The zero-order chi connectivity index (χ0) is 34.6. The van der Waals surface area contributed by atoms with Crippen LogP contribution in [0.4, 0.5) is 0 Å². The summed E-state index contributed by atoms with van der Waals surface area (Å²) in [5.74, 6) is 0.548. The molecule has 9 heteroatoms. The molecule has 0 unspecified atom stereocenters. The van der Waals surface area contributed by atoms with E-state index < -0.39 is 6.04 Å². The van der Waals surface area contributed by atoms with Gasteiger partial charge in [0.1, 0.15) is 0 Å². The standard InChI is InChI=1S/C41H56N6O3/c1-29(42)40(48)46-19-9-13-33(46)25-31-27-44(37-17-7-5-15-35(31)37)21-23-50-24-22-45-28-32(36-16-6-8-18-38(36)45)26-34-14-10-20-47(34)41(49)39(43)30-11-3-2-4-12-30/h5-8,15-18,27-30,33-34,39H,2-4,9-14,19-26,42-43H2,1H3/t29-,33-,34-,39-/m0/s1. The summed E-state index contributed by atoms with van der Waals surface area (Å²) in [6.07, 6.45) is 16.2. The second kappa shape index (κ2) is 15.7. The Morgan fingerprint density at radius 1 is 0.700 bits per heavy atom. The van der Waals surface area contributed by atoms with Gasteiger partial charge in [0.25, 0.3) is 0 Å². The minimum Gasteiger partial charge on any atom is -0.378 e. The second-order valence-electron chi connectivity index (χ2n) is 15.1. The van der Waals surface area contributed by atoms with Gasteiger partial charge in [0.2, 0.25) is 11.8 Å². The fraction of sp³-hybridized carbons (Fsp3) is 0.561. The van der Waals surface area contributed by atoms with Crippen molar-refractivity contribution in [2.45, 2.75) is 115 Å². The molecule has 4 heterocycles. The summed E-state index contributed by atoms with van der Waals surface area (Å²) >= 11 is 0. The first-order chi connectivity index (χ1) is 24.4. The maximum atomic E-state index is 13.6. The van der Waals surface area contributed by atoms with E-state index in [9.17, 15) is 9.59 Å². The maximum absolute atomic E-state index is 13.6. The highest BCUT2D eigenvalue weighted by atomic mass is 16.5. The van der Waals surface area contributed by atoms with Gasteiger partial charge in [-0.05, 0) is 87.5 Å². The number of likely N-dealkylation sites (tertiary alicyclic amines) is 2.